The summed E-state index contributed by atoms with van der Waals surface area (Å²) in [4.78, 5) is 130. The van der Waals surface area contributed by atoms with Crippen molar-refractivity contribution in [2.24, 2.45) is 11.5 Å². The summed E-state index contributed by atoms with van der Waals surface area (Å²) in [5, 5.41) is 0. The normalized spacial score (nSPS) is 13.0. The van der Waals surface area contributed by atoms with E-state index >= 15 is 0 Å². The first kappa shape index (κ1) is 58.4. The van der Waals surface area contributed by atoms with E-state index in [2.05, 4.69) is 0 Å². The fourth-order valence-electron chi connectivity index (χ4n) is 1.68. The molecule has 48 heavy (non-hydrogen) atoms. The second kappa shape index (κ2) is 26.8. The third kappa shape index (κ3) is 86.1. The summed E-state index contributed by atoms with van der Waals surface area (Å²) in [6.45, 7) is 1.65. The molecule has 0 aromatic carbocycles. The van der Waals surface area contributed by atoms with Crippen LogP contribution in [-0.4, -0.2) is 141 Å². The number of hydrogen-bond donors (Lipinski definition) is 18. The van der Waals surface area contributed by atoms with E-state index in [1.165, 1.54) is 12.8 Å². The molecule has 0 spiro atoms. The van der Waals surface area contributed by atoms with Crippen molar-refractivity contribution in [3.05, 3.63) is 0 Å². The molecule has 20 N–H and O–H groups in total. The molecule has 0 bridgehead atoms. The predicted molar refractivity (Wildman–Crippen MR) is 172 cm³/mol. The fourth-order valence-corrected chi connectivity index (χ4v) is 10.0. The molecule has 0 fully saturated rings. The van der Waals surface area contributed by atoms with E-state index in [4.69, 9.17) is 89.8 Å². The Morgan fingerprint density at radius 2 is 0.354 bits per heavy atom. The Morgan fingerprint density at radius 1 is 0.250 bits per heavy atom. The van der Waals surface area contributed by atoms with Crippen LogP contribution in [0.25, 0.3) is 0 Å². The maximum absolute atomic E-state index is 10.0. The van der Waals surface area contributed by atoms with E-state index in [0.717, 1.165) is 25.9 Å². The van der Waals surface area contributed by atoms with Gasteiger partial charge >= 0.3 is 60.8 Å². The molecule has 0 saturated heterocycles. The van der Waals surface area contributed by atoms with Crippen LogP contribution < -0.4 is 11.5 Å². The van der Waals surface area contributed by atoms with Gasteiger partial charge in [0.2, 0.25) is 0 Å². The van der Waals surface area contributed by atoms with Crippen molar-refractivity contribution in [2.75, 3.05) is 62.4 Å². The van der Waals surface area contributed by atoms with Gasteiger partial charge in [0.25, 0.3) is 0 Å². The van der Waals surface area contributed by atoms with E-state index in [0.29, 0.717) is 0 Å². The molecule has 0 atom stereocenters. The van der Waals surface area contributed by atoms with Crippen LogP contribution in [0, 0.1) is 0 Å². The molecular formula is C14H48N2O24P8. The van der Waals surface area contributed by atoms with E-state index < -0.39 is 110 Å². The van der Waals surface area contributed by atoms with Crippen LogP contribution in [0.5, 0.6) is 0 Å². The highest BCUT2D eigenvalue weighted by atomic mass is 31.2. The van der Waals surface area contributed by atoms with Crippen LogP contribution in [0.3, 0.4) is 0 Å². The third-order valence-electron chi connectivity index (χ3n) is 3.89. The summed E-state index contributed by atoms with van der Waals surface area (Å²) in [5.41, 5.74) is 10.6. The summed E-state index contributed by atoms with van der Waals surface area (Å²) in [5.74, 6) is 0. The van der Waals surface area contributed by atoms with Gasteiger partial charge < -0.3 is 89.8 Å². The quantitative estimate of drug-likeness (QED) is 0.0546. The Bertz CT molecular complexity index is 945. The summed E-state index contributed by atoms with van der Waals surface area (Å²) in [6, 6.07) is 0. The number of nitrogens with two attached hydrogens (primary N) is 2. The van der Waals surface area contributed by atoms with E-state index in [9.17, 15) is 36.5 Å². The predicted octanol–water partition coefficient (Wildman–Crippen LogP) is -2.17. The van der Waals surface area contributed by atoms with Crippen LogP contribution in [0.1, 0.15) is 25.7 Å². The lowest BCUT2D eigenvalue weighted by Crippen LogP contribution is -2.00. The Kier molecular flexibility index (Phi) is 32.6. The zero-order valence-electron chi connectivity index (χ0n) is 25.1. The summed E-state index contributed by atoms with van der Waals surface area (Å²) >= 11 is 0. The highest BCUT2D eigenvalue weighted by Crippen LogP contribution is 2.45. The lowest BCUT2D eigenvalue weighted by atomic mass is 10.2. The Morgan fingerprint density at radius 3 is 0.417 bits per heavy atom. The average Bonchev–Trinajstić information content (AvgIpc) is 2.80. The van der Waals surface area contributed by atoms with Crippen molar-refractivity contribution in [3.63, 3.8) is 0 Å². The second-order valence-corrected chi connectivity index (χ2v) is 23.3. The fraction of sp³-hybridized carbons (Fsp3) is 1.00. The average molecular weight is 876 g/mol. The van der Waals surface area contributed by atoms with Gasteiger partial charge in [-0.3, -0.25) is 36.5 Å². The molecule has 0 aromatic heterocycles. The highest BCUT2D eigenvalue weighted by Gasteiger charge is 2.23. The van der Waals surface area contributed by atoms with E-state index in [-0.39, 0.29) is 0 Å². The number of rotatable bonds is 17. The smallest absolute Gasteiger partial charge is 0.326 e. The zero-order valence-corrected chi connectivity index (χ0v) is 32.2. The SMILES string of the molecule is NCCCCCCN.O=P(O)(O)CCP(=O)(O)O.O=P(O)(O)CCP(=O)(O)O.O=P(O)(O)CCP(=O)(O)O.O=P(O)(O)CCP(=O)(O)O. The Balaban J connectivity index is -0.000000161. The standard InChI is InChI=1S/C6H16N2.4C2H8O6P2/c7-5-3-1-2-4-6-8;4*3-9(4,5)1-2-10(6,7)8/h1-8H2;4*1-2H2,(H2,3,4,5)(H2,6,7,8). The first-order valence-corrected chi connectivity index (χ1v) is 26.9. The minimum Gasteiger partial charge on any atom is -0.330 e. The summed E-state index contributed by atoms with van der Waals surface area (Å²) < 4.78 is 80.2. The second-order valence-electron chi connectivity index (χ2n) is 9.10. The number of hydrogen-bond acceptors (Lipinski definition) is 10. The van der Waals surface area contributed by atoms with Gasteiger partial charge in [-0.25, -0.2) is 0 Å². The van der Waals surface area contributed by atoms with Gasteiger partial charge in [0.05, 0.1) is 49.3 Å². The van der Waals surface area contributed by atoms with Crippen LogP contribution >= 0.6 is 60.8 Å². The minimum absolute atomic E-state index is 0.767. The topological polar surface area (TPSA) is 512 Å². The Hall–Kier alpha value is 1.12. The monoisotopic (exact) mass is 876 g/mol. The largest absolute Gasteiger partial charge is 0.330 e. The van der Waals surface area contributed by atoms with E-state index in [1.54, 1.807) is 0 Å². The van der Waals surface area contributed by atoms with Crippen molar-refractivity contribution in [1.82, 2.24) is 0 Å². The van der Waals surface area contributed by atoms with Crippen molar-refractivity contribution < 1.29 is 115 Å². The maximum atomic E-state index is 10.0. The van der Waals surface area contributed by atoms with Crippen LogP contribution in [0.15, 0.2) is 0 Å². The molecule has 298 valence electrons. The zero-order chi connectivity index (χ0) is 39.9. The van der Waals surface area contributed by atoms with Crippen molar-refractivity contribution in [3.8, 4) is 0 Å². The Labute approximate surface area is 275 Å². The van der Waals surface area contributed by atoms with Gasteiger partial charge in [-0.1, -0.05) is 12.8 Å². The van der Waals surface area contributed by atoms with Crippen molar-refractivity contribution in [2.45, 2.75) is 25.7 Å². The third-order valence-corrected chi connectivity index (χ3v) is 11.7. The molecular weight excluding hydrogens is 828 g/mol. The highest BCUT2D eigenvalue weighted by molar-refractivity contribution is 7.57. The molecule has 26 nitrogen and oxygen atoms in total. The molecule has 0 radical (unpaired) electrons. The molecule has 0 amide bonds. The van der Waals surface area contributed by atoms with Gasteiger partial charge in [0, 0.05) is 0 Å². The number of unbranched alkanes of at least 4 members (excludes halogenated alkanes) is 3. The molecule has 0 aliphatic rings. The van der Waals surface area contributed by atoms with Gasteiger partial charge in [-0.2, -0.15) is 0 Å². The summed E-state index contributed by atoms with van der Waals surface area (Å²) in [7, 11) is -34.0. The molecule has 0 aromatic rings. The first-order valence-electron chi connectivity index (χ1n) is 12.5. The molecule has 0 aliphatic carbocycles. The van der Waals surface area contributed by atoms with Gasteiger partial charge in [0.15, 0.2) is 0 Å². The molecule has 0 aliphatic heterocycles. The van der Waals surface area contributed by atoms with Crippen LogP contribution in [0.4, 0.5) is 0 Å². The van der Waals surface area contributed by atoms with Gasteiger partial charge in [-0.15, -0.1) is 0 Å². The molecule has 0 rings (SSSR count). The van der Waals surface area contributed by atoms with Crippen LogP contribution in [-0.2, 0) is 36.5 Å². The lowest BCUT2D eigenvalue weighted by molar-refractivity contribution is 0.360. The van der Waals surface area contributed by atoms with Crippen molar-refractivity contribution >= 4 is 60.8 Å². The molecule has 0 saturated carbocycles. The van der Waals surface area contributed by atoms with Gasteiger partial charge in [-0.05, 0) is 25.9 Å². The molecule has 0 heterocycles. The van der Waals surface area contributed by atoms with E-state index in [1.807, 2.05) is 0 Å². The van der Waals surface area contributed by atoms with Crippen molar-refractivity contribution in [1.29, 1.82) is 0 Å². The maximum Gasteiger partial charge on any atom is 0.326 e. The first-order chi connectivity index (χ1) is 20.7. The summed E-state index contributed by atoms with van der Waals surface area (Å²) in [6.07, 6.45) is -1.34. The minimum atomic E-state index is -4.25. The van der Waals surface area contributed by atoms with Crippen LogP contribution in [0.2, 0.25) is 0 Å². The molecule has 34 heteroatoms. The van der Waals surface area contributed by atoms with Gasteiger partial charge in [0.1, 0.15) is 0 Å². The lowest BCUT2D eigenvalue weighted by Gasteiger charge is -2.03. The molecule has 0 unspecified atom stereocenters.